The zero-order chi connectivity index (χ0) is 62.5. The van der Waals surface area contributed by atoms with Gasteiger partial charge in [0.25, 0.3) is 0 Å². The summed E-state index contributed by atoms with van der Waals surface area (Å²) >= 11 is 0. The Bertz CT molecular complexity index is 3390. The van der Waals surface area contributed by atoms with E-state index in [0.29, 0.717) is 37.1 Å². The predicted octanol–water partition coefficient (Wildman–Crippen LogP) is 18.3. The van der Waals surface area contributed by atoms with Crippen molar-refractivity contribution < 1.29 is 32.3 Å². The van der Waals surface area contributed by atoms with Crippen molar-refractivity contribution in [2.24, 2.45) is 0 Å². The molecule has 9 rings (SSSR count). The Morgan fingerprint density at radius 1 is 0.281 bits per heavy atom. The highest BCUT2D eigenvalue weighted by Gasteiger charge is 2.34. The Morgan fingerprint density at radius 3 is 0.674 bits per heavy atom. The summed E-state index contributed by atoms with van der Waals surface area (Å²) < 4.78 is 53.7. The molecule has 0 atom stereocenters. The fraction of sp³-hybridized carbons (Fsp3) is 0.231. The highest BCUT2D eigenvalue weighted by molar-refractivity contribution is 7.49. The second-order valence-electron chi connectivity index (χ2n) is 22.5. The molecule has 10 nitrogen and oxygen atoms in total. The smallest absolute Gasteiger partial charge is 0.492 e. The molecule has 0 amide bonds. The number of allylic oxidation sites excluding steroid dienone is 3. The minimum atomic E-state index is -4.54. The van der Waals surface area contributed by atoms with Crippen LogP contribution in [0.3, 0.4) is 0 Å². The number of ether oxygens (including phenoxy) is 3. The monoisotopic (exact) mass is 1210 g/mol. The second kappa shape index (κ2) is 31.8. The van der Waals surface area contributed by atoms with Gasteiger partial charge in [-0.3, -0.25) is 0 Å². The minimum Gasteiger partial charge on any atom is -0.492 e. The molecule has 89 heavy (non-hydrogen) atoms. The maximum absolute atomic E-state index is 15.8. The van der Waals surface area contributed by atoms with E-state index in [4.69, 9.17) is 27.8 Å². The number of benzene rings is 9. The summed E-state index contributed by atoms with van der Waals surface area (Å²) in [5, 5.41) is 0. The predicted molar refractivity (Wildman–Crippen MR) is 368 cm³/mol. The maximum Gasteiger partial charge on any atom is 0.647 e. The fourth-order valence-electron chi connectivity index (χ4n) is 10.7. The van der Waals surface area contributed by atoms with Crippen molar-refractivity contribution in [3.05, 3.63) is 287 Å². The highest BCUT2D eigenvalue weighted by atomic mass is 31.2. The van der Waals surface area contributed by atoms with Crippen LogP contribution in [0.25, 0.3) is 33.4 Å². The summed E-state index contributed by atoms with van der Waals surface area (Å²) in [5.41, 5.74) is 16.1. The zero-order valence-corrected chi connectivity index (χ0v) is 53.9. The molecule has 9 aromatic rings. The lowest BCUT2D eigenvalue weighted by Crippen LogP contribution is -2.19. The van der Waals surface area contributed by atoms with Gasteiger partial charge in [-0.25, -0.2) is 0 Å². The lowest BCUT2D eigenvalue weighted by atomic mass is 9.88. The van der Waals surface area contributed by atoms with Gasteiger partial charge < -0.3 is 42.5 Å². The lowest BCUT2D eigenvalue weighted by Gasteiger charge is -2.21. The SMILES string of the molecule is CC/C(=C(/c1ccc(OCCN(C)C)cc1)c1ccc(OP(=O)(Oc2ccc(/C(=C(\CC)c3ccccc3)c3ccc(OCCN(C)C)cc3)cc2)Oc2ccc(/C(=C(\CC)c3ccccc3)c3ccc(OCCN(C)C)cc3)cc2)cc1)c1ccccc1. The summed E-state index contributed by atoms with van der Waals surface area (Å²) in [6, 6.07) is 79.2. The van der Waals surface area contributed by atoms with Crippen molar-refractivity contribution in [1.29, 1.82) is 0 Å². The van der Waals surface area contributed by atoms with E-state index in [1.165, 1.54) is 16.7 Å². The van der Waals surface area contributed by atoms with E-state index in [2.05, 4.69) is 145 Å². The first-order valence-electron chi connectivity index (χ1n) is 30.8. The Kier molecular flexibility index (Phi) is 23.1. The molecule has 0 saturated heterocycles. The van der Waals surface area contributed by atoms with Gasteiger partial charge in [-0.05, 0) is 218 Å². The molecule has 0 radical (unpaired) electrons. The third-order valence-corrected chi connectivity index (χ3v) is 16.6. The van der Waals surface area contributed by atoms with Crippen LogP contribution in [-0.4, -0.2) is 96.4 Å². The molecule has 0 aromatic heterocycles. The molecule has 0 spiro atoms. The standard InChI is InChI=1S/C78H84N3O7P/c1-10-73(58-22-16-13-17-23-58)76(61-28-40-67(41-29-61)83-55-52-79(4)5)64-34-46-70(47-35-64)86-89(82,87-71-48-36-65(37-49-71)77(74(11-2)59-24-18-14-19-25-59)62-30-42-68(43-31-62)84-56-53-80(6)7)88-72-50-38-66(39-51-72)78(75(12-3)60-26-20-15-21-27-60)63-32-44-69(45-33-63)85-57-54-81(8)9/h13-51H,10-12,52-57H2,1-9H3/b76-73+,77-74+,78-75+. The van der Waals surface area contributed by atoms with E-state index >= 15 is 4.57 Å². The van der Waals surface area contributed by atoms with Gasteiger partial charge in [0.15, 0.2) is 0 Å². The van der Waals surface area contributed by atoms with E-state index in [1.807, 2.05) is 170 Å². The Balaban J connectivity index is 1.08. The van der Waals surface area contributed by atoms with Crippen LogP contribution in [0.1, 0.15) is 90.1 Å². The number of phosphoric ester groups is 1. The van der Waals surface area contributed by atoms with E-state index in [0.717, 1.165) is 123 Å². The lowest BCUT2D eigenvalue weighted by molar-refractivity contribution is 0.261. The van der Waals surface area contributed by atoms with Crippen LogP contribution in [0.5, 0.6) is 34.5 Å². The first-order chi connectivity index (χ1) is 43.3. The van der Waals surface area contributed by atoms with Gasteiger partial charge in [0.1, 0.15) is 54.3 Å². The first kappa shape index (κ1) is 64.6. The van der Waals surface area contributed by atoms with Gasteiger partial charge in [-0.1, -0.05) is 185 Å². The van der Waals surface area contributed by atoms with Gasteiger partial charge in [0.05, 0.1) is 0 Å². The summed E-state index contributed by atoms with van der Waals surface area (Å²) in [5.74, 6) is 3.32. The molecule has 458 valence electrons. The van der Waals surface area contributed by atoms with E-state index in [-0.39, 0.29) is 0 Å². The van der Waals surface area contributed by atoms with Crippen molar-refractivity contribution in [3.8, 4) is 34.5 Å². The number of phosphoric acid groups is 1. The third-order valence-electron chi connectivity index (χ3n) is 15.3. The van der Waals surface area contributed by atoms with Crippen LogP contribution in [0.4, 0.5) is 0 Å². The van der Waals surface area contributed by atoms with Crippen LogP contribution in [0.15, 0.2) is 237 Å². The topological polar surface area (TPSA) is 82.2 Å². The van der Waals surface area contributed by atoms with Crippen LogP contribution < -0.4 is 27.8 Å². The fourth-order valence-corrected chi connectivity index (χ4v) is 12.0. The molecule has 0 unspecified atom stereocenters. The quantitative estimate of drug-likeness (QED) is 0.0321. The normalized spacial score (nSPS) is 12.5. The molecular weight excluding hydrogens is 1120 g/mol. The Morgan fingerprint density at radius 2 is 0.483 bits per heavy atom. The van der Waals surface area contributed by atoms with Crippen LogP contribution in [-0.2, 0) is 4.57 Å². The van der Waals surface area contributed by atoms with E-state index in [1.54, 1.807) is 0 Å². The number of rotatable bonds is 30. The van der Waals surface area contributed by atoms with Gasteiger partial charge in [0.2, 0.25) is 0 Å². The summed E-state index contributed by atoms with van der Waals surface area (Å²) in [6.07, 6.45) is 2.32. The van der Waals surface area contributed by atoms with Gasteiger partial charge in [-0.15, -0.1) is 0 Å². The third kappa shape index (κ3) is 17.9. The van der Waals surface area contributed by atoms with Gasteiger partial charge in [-0.2, -0.15) is 4.57 Å². The molecule has 0 aliphatic rings. The second-order valence-corrected chi connectivity index (χ2v) is 24.0. The molecule has 0 saturated carbocycles. The summed E-state index contributed by atoms with van der Waals surface area (Å²) in [7, 11) is 7.67. The molecule has 0 aliphatic heterocycles. The van der Waals surface area contributed by atoms with Crippen molar-refractivity contribution in [2.75, 3.05) is 81.7 Å². The average molecular weight is 1210 g/mol. The molecule has 9 aromatic carbocycles. The molecule has 0 fully saturated rings. The highest BCUT2D eigenvalue weighted by Crippen LogP contribution is 2.51. The Hall–Kier alpha value is -8.89. The molecule has 0 heterocycles. The number of hydrogen-bond acceptors (Lipinski definition) is 10. The number of hydrogen-bond donors (Lipinski definition) is 0. The van der Waals surface area contributed by atoms with Crippen molar-refractivity contribution >= 4 is 41.3 Å². The van der Waals surface area contributed by atoms with Crippen LogP contribution >= 0.6 is 7.82 Å². The average Bonchev–Trinajstić information content (AvgIpc) is 3.71. The Labute approximate surface area is 528 Å². The van der Waals surface area contributed by atoms with Crippen molar-refractivity contribution in [3.63, 3.8) is 0 Å². The van der Waals surface area contributed by atoms with Gasteiger partial charge in [0, 0.05) is 19.6 Å². The minimum absolute atomic E-state index is 0.302. The van der Waals surface area contributed by atoms with Gasteiger partial charge >= 0.3 is 7.82 Å². The van der Waals surface area contributed by atoms with Crippen molar-refractivity contribution in [2.45, 2.75) is 40.0 Å². The number of nitrogens with zero attached hydrogens (tertiary/aromatic N) is 3. The van der Waals surface area contributed by atoms with Crippen molar-refractivity contribution in [1.82, 2.24) is 14.7 Å². The molecular formula is C78H84N3O7P. The summed E-state index contributed by atoms with van der Waals surface area (Å²) in [4.78, 5) is 6.31. The number of likely N-dealkylation sites (N-methyl/N-ethyl adjacent to an activating group) is 3. The van der Waals surface area contributed by atoms with E-state index < -0.39 is 7.82 Å². The van der Waals surface area contributed by atoms with Crippen LogP contribution in [0, 0.1) is 0 Å². The molecule has 0 N–H and O–H groups in total. The van der Waals surface area contributed by atoms with Crippen LogP contribution in [0.2, 0.25) is 0 Å². The molecule has 0 aliphatic carbocycles. The largest absolute Gasteiger partial charge is 0.647 e. The van der Waals surface area contributed by atoms with E-state index in [9.17, 15) is 0 Å². The molecule has 11 heteroatoms. The molecule has 0 bridgehead atoms. The summed E-state index contributed by atoms with van der Waals surface area (Å²) in [6.45, 7) is 10.7. The maximum atomic E-state index is 15.8. The zero-order valence-electron chi connectivity index (χ0n) is 53.0. The first-order valence-corrected chi connectivity index (χ1v) is 32.3.